The van der Waals surface area contributed by atoms with Gasteiger partial charge in [0.05, 0.1) is 17.8 Å². The summed E-state index contributed by atoms with van der Waals surface area (Å²) in [6.07, 6.45) is 7.38. The Kier molecular flexibility index (Phi) is 7.02. The number of para-hydroxylation sites is 1. The summed E-state index contributed by atoms with van der Waals surface area (Å²) >= 11 is 1.50. The first-order valence-corrected chi connectivity index (χ1v) is 12.1. The molecule has 1 aliphatic carbocycles. The van der Waals surface area contributed by atoms with E-state index in [-0.39, 0.29) is 17.5 Å². The average molecular weight is 444 g/mol. The zero-order valence-electron chi connectivity index (χ0n) is 18.0. The fraction of sp³-hybridized carbons (Fsp3) is 0.500. The van der Waals surface area contributed by atoms with E-state index in [2.05, 4.69) is 22.5 Å². The van der Waals surface area contributed by atoms with Gasteiger partial charge in [-0.2, -0.15) is 0 Å². The first kappa shape index (κ1) is 22.0. The summed E-state index contributed by atoms with van der Waals surface area (Å²) in [7, 11) is 0. The van der Waals surface area contributed by atoms with Crippen molar-refractivity contribution in [1.29, 1.82) is 0 Å². The van der Waals surface area contributed by atoms with Gasteiger partial charge in [0.1, 0.15) is 10.8 Å². The van der Waals surface area contributed by atoms with Crippen molar-refractivity contribution in [3.8, 4) is 0 Å². The Labute approximate surface area is 187 Å². The number of hydrogen-bond donors (Lipinski definition) is 2. The molecule has 0 bridgehead atoms. The maximum atomic E-state index is 14.1. The molecule has 1 fully saturated rings. The zero-order chi connectivity index (χ0) is 21.8. The fourth-order valence-electron chi connectivity index (χ4n) is 4.49. The lowest BCUT2D eigenvalue weighted by Crippen LogP contribution is -2.34. The predicted octanol–water partition coefficient (Wildman–Crippen LogP) is 5.08. The summed E-state index contributed by atoms with van der Waals surface area (Å²) in [6.45, 7) is 4.42. The number of nitrogens with zero attached hydrogens (tertiary/aromatic N) is 1. The van der Waals surface area contributed by atoms with E-state index in [1.165, 1.54) is 30.2 Å². The molecule has 2 aliphatic rings. The highest BCUT2D eigenvalue weighted by atomic mass is 32.1. The maximum absolute atomic E-state index is 14.1. The molecule has 2 N–H and O–H groups in total. The monoisotopic (exact) mass is 443 g/mol. The van der Waals surface area contributed by atoms with Gasteiger partial charge in [-0.3, -0.25) is 14.5 Å². The lowest BCUT2D eigenvalue weighted by atomic mass is 9.88. The highest BCUT2D eigenvalue weighted by Gasteiger charge is 2.29. The van der Waals surface area contributed by atoms with Crippen LogP contribution in [0.5, 0.6) is 0 Å². The van der Waals surface area contributed by atoms with Crippen molar-refractivity contribution in [2.45, 2.75) is 51.9 Å². The van der Waals surface area contributed by atoms with Gasteiger partial charge in [-0.1, -0.05) is 31.9 Å². The molecule has 1 aromatic carbocycles. The Morgan fingerprint density at radius 3 is 2.61 bits per heavy atom. The standard InChI is InChI=1S/C24H30FN3O2S/c1-16-10-11-17-20(14-16)31-24(27-21(29)15-28-12-6-2-3-7-13-28)22(17)23(30)26-19-9-5-4-8-18(19)25/h4-5,8-9,16H,2-3,6-7,10-15H2,1H3,(H,26,30)(H,27,29)/t16-/m1/s1. The van der Waals surface area contributed by atoms with E-state index >= 15 is 0 Å². The first-order chi connectivity index (χ1) is 15.0. The highest BCUT2D eigenvalue weighted by Crippen LogP contribution is 2.40. The van der Waals surface area contributed by atoms with Crippen LogP contribution in [0.1, 0.15) is 59.8 Å². The molecular weight excluding hydrogens is 413 g/mol. The largest absolute Gasteiger partial charge is 0.319 e. The molecule has 2 aromatic rings. The highest BCUT2D eigenvalue weighted by molar-refractivity contribution is 7.17. The van der Waals surface area contributed by atoms with E-state index < -0.39 is 5.82 Å². The van der Waals surface area contributed by atoms with Crippen LogP contribution in [0.25, 0.3) is 0 Å². The molecule has 2 amide bonds. The fourth-order valence-corrected chi connectivity index (χ4v) is 5.91. The smallest absolute Gasteiger partial charge is 0.259 e. The van der Waals surface area contributed by atoms with Crippen molar-refractivity contribution >= 4 is 33.8 Å². The molecule has 4 rings (SSSR count). The van der Waals surface area contributed by atoms with Crippen LogP contribution >= 0.6 is 11.3 Å². The van der Waals surface area contributed by atoms with Crippen LogP contribution in [-0.4, -0.2) is 36.3 Å². The second-order valence-corrected chi connectivity index (χ2v) is 9.83. The minimum Gasteiger partial charge on any atom is -0.319 e. The van der Waals surface area contributed by atoms with Crippen molar-refractivity contribution in [2.24, 2.45) is 5.92 Å². The zero-order valence-corrected chi connectivity index (χ0v) is 18.8. The molecular formula is C24H30FN3O2S. The summed E-state index contributed by atoms with van der Waals surface area (Å²) in [5.74, 6) is -0.370. The van der Waals surface area contributed by atoms with E-state index in [1.54, 1.807) is 18.2 Å². The van der Waals surface area contributed by atoms with Crippen molar-refractivity contribution in [3.05, 3.63) is 46.1 Å². The van der Waals surface area contributed by atoms with Crippen LogP contribution in [0, 0.1) is 11.7 Å². The number of carbonyl (C=O) groups is 2. The average Bonchev–Trinajstić information content (AvgIpc) is 2.89. The summed E-state index contributed by atoms with van der Waals surface area (Å²) in [5.41, 5.74) is 1.65. The second kappa shape index (κ2) is 9.92. The Balaban J connectivity index is 1.55. The molecule has 1 aromatic heterocycles. The van der Waals surface area contributed by atoms with Crippen LogP contribution in [0.4, 0.5) is 15.1 Å². The van der Waals surface area contributed by atoms with Gasteiger partial charge in [-0.05, 0) is 68.8 Å². The summed E-state index contributed by atoms with van der Waals surface area (Å²) in [4.78, 5) is 29.4. The number of rotatable bonds is 5. The molecule has 5 nitrogen and oxygen atoms in total. The summed E-state index contributed by atoms with van der Waals surface area (Å²) in [6, 6.07) is 6.15. The lowest BCUT2D eigenvalue weighted by molar-refractivity contribution is -0.117. The third-order valence-corrected chi connectivity index (χ3v) is 7.35. The quantitative estimate of drug-likeness (QED) is 0.678. The van der Waals surface area contributed by atoms with Gasteiger partial charge in [-0.15, -0.1) is 11.3 Å². The normalized spacial score (nSPS) is 19.4. The number of likely N-dealkylation sites (tertiary alicyclic amines) is 1. The van der Waals surface area contributed by atoms with Crippen LogP contribution < -0.4 is 10.6 Å². The van der Waals surface area contributed by atoms with E-state index in [4.69, 9.17) is 0 Å². The van der Waals surface area contributed by atoms with E-state index in [9.17, 15) is 14.0 Å². The van der Waals surface area contributed by atoms with Crippen LogP contribution in [0.3, 0.4) is 0 Å². The molecule has 1 aliphatic heterocycles. The molecule has 1 saturated heterocycles. The van der Waals surface area contributed by atoms with Gasteiger partial charge >= 0.3 is 0 Å². The molecule has 0 radical (unpaired) electrons. The predicted molar refractivity (Wildman–Crippen MR) is 123 cm³/mol. The number of halogens is 1. The first-order valence-electron chi connectivity index (χ1n) is 11.2. The van der Waals surface area contributed by atoms with Crippen LogP contribution in [0.2, 0.25) is 0 Å². The van der Waals surface area contributed by atoms with E-state index in [1.807, 2.05) is 0 Å². The molecule has 0 saturated carbocycles. The number of nitrogens with one attached hydrogen (secondary N) is 2. The van der Waals surface area contributed by atoms with Gasteiger partial charge in [0.25, 0.3) is 5.91 Å². The third kappa shape index (κ3) is 5.33. The van der Waals surface area contributed by atoms with Crippen LogP contribution in [-0.2, 0) is 17.6 Å². The molecule has 0 spiro atoms. The van der Waals surface area contributed by atoms with Crippen molar-refractivity contribution < 1.29 is 14.0 Å². The Bertz CT molecular complexity index is 950. The van der Waals surface area contributed by atoms with Crippen molar-refractivity contribution in [2.75, 3.05) is 30.3 Å². The Hall–Kier alpha value is -2.25. The number of benzene rings is 1. The molecule has 7 heteroatoms. The number of thiophene rings is 1. The molecule has 1 atom stereocenters. The lowest BCUT2D eigenvalue weighted by Gasteiger charge is -2.19. The number of fused-ring (bicyclic) bond motifs is 1. The SMILES string of the molecule is C[C@@H]1CCc2c(sc(NC(=O)CN3CCCCCC3)c2C(=O)Nc2ccccc2F)C1. The maximum Gasteiger partial charge on any atom is 0.259 e. The van der Waals surface area contributed by atoms with Gasteiger partial charge in [0.2, 0.25) is 5.91 Å². The van der Waals surface area contributed by atoms with Gasteiger partial charge in [0, 0.05) is 4.88 Å². The molecule has 166 valence electrons. The third-order valence-electron chi connectivity index (χ3n) is 6.18. The number of anilines is 2. The van der Waals surface area contributed by atoms with Gasteiger partial charge in [0.15, 0.2) is 0 Å². The minimum atomic E-state index is -0.472. The molecule has 2 heterocycles. The Morgan fingerprint density at radius 1 is 1.13 bits per heavy atom. The van der Waals surface area contributed by atoms with Crippen molar-refractivity contribution in [1.82, 2.24) is 4.90 Å². The van der Waals surface area contributed by atoms with E-state index in [0.717, 1.165) is 55.6 Å². The second-order valence-electron chi connectivity index (χ2n) is 8.73. The summed E-state index contributed by atoms with van der Waals surface area (Å²) < 4.78 is 14.1. The van der Waals surface area contributed by atoms with Crippen LogP contribution in [0.15, 0.2) is 24.3 Å². The minimum absolute atomic E-state index is 0.0894. The van der Waals surface area contributed by atoms with Gasteiger partial charge in [-0.25, -0.2) is 4.39 Å². The Morgan fingerprint density at radius 2 is 1.87 bits per heavy atom. The van der Waals surface area contributed by atoms with E-state index in [0.29, 0.717) is 23.0 Å². The summed E-state index contributed by atoms with van der Waals surface area (Å²) in [5, 5.41) is 6.31. The number of carbonyl (C=O) groups excluding carboxylic acids is 2. The van der Waals surface area contributed by atoms with Gasteiger partial charge < -0.3 is 10.6 Å². The number of hydrogen-bond acceptors (Lipinski definition) is 4. The van der Waals surface area contributed by atoms with Crippen molar-refractivity contribution in [3.63, 3.8) is 0 Å². The molecule has 0 unspecified atom stereocenters. The topological polar surface area (TPSA) is 61.4 Å². The number of amides is 2. The molecule has 31 heavy (non-hydrogen) atoms.